The van der Waals surface area contributed by atoms with Gasteiger partial charge in [-0.2, -0.15) is 0 Å². The number of anilines is 1. The number of benzene rings is 1. The van der Waals surface area contributed by atoms with E-state index in [-0.39, 0.29) is 5.82 Å². The van der Waals surface area contributed by atoms with Crippen LogP contribution in [0.15, 0.2) is 28.9 Å². The average Bonchev–Trinajstić information content (AvgIpc) is 2.60. The van der Waals surface area contributed by atoms with Gasteiger partial charge in [0.25, 0.3) is 0 Å². The number of hydrogen-bond acceptors (Lipinski definition) is 3. The average molecular weight is 301 g/mol. The van der Waals surface area contributed by atoms with Crippen molar-refractivity contribution >= 4 is 32.4 Å². The minimum atomic E-state index is -0.202. The van der Waals surface area contributed by atoms with Gasteiger partial charge >= 0.3 is 0 Å². The molecule has 0 atom stereocenters. The second kappa shape index (κ2) is 4.93. The Morgan fingerprint density at radius 2 is 2.31 bits per heavy atom. The predicted octanol–water partition coefficient (Wildman–Crippen LogP) is 3.68. The maximum atomic E-state index is 13.0. The van der Waals surface area contributed by atoms with E-state index in [1.807, 2.05) is 13.1 Å². The Morgan fingerprint density at radius 3 is 2.94 bits per heavy atom. The molecule has 0 fully saturated rings. The van der Waals surface area contributed by atoms with Crippen LogP contribution in [-0.4, -0.2) is 12.0 Å². The zero-order valence-electron chi connectivity index (χ0n) is 8.63. The summed E-state index contributed by atoms with van der Waals surface area (Å²) in [5, 5.41) is 3.85. The summed E-state index contributed by atoms with van der Waals surface area (Å²) in [6, 6.07) is 6.63. The lowest BCUT2D eigenvalue weighted by atomic mass is 10.1. The van der Waals surface area contributed by atoms with Gasteiger partial charge in [-0.3, -0.25) is 0 Å². The van der Waals surface area contributed by atoms with Crippen molar-refractivity contribution in [3.8, 4) is 0 Å². The molecule has 0 spiro atoms. The van der Waals surface area contributed by atoms with Crippen LogP contribution in [-0.2, 0) is 6.42 Å². The number of nitrogens with zero attached hydrogens (tertiary/aromatic N) is 1. The summed E-state index contributed by atoms with van der Waals surface area (Å²) in [5.74, 6) is -0.202. The highest BCUT2D eigenvalue weighted by Gasteiger charge is 2.08. The normalized spacial score (nSPS) is 10.4. The molecule has 0 saturated heterocycles. The van der Waals surface area contributed by atoms with Gasteiger partial charge in [0.2, 0.25) is 0 Å². The van der Waals surface area contributed by atoms with Gasteiger partial charge in [-0.25, -0.2) is 9.37 Å². The zero-order chi connectivity index (χ0) is 11.5. The second-order valence-corrected chi connectivity index (χ2v) is 5.12. The van der Waals surface area contributed by atoms with Gasteiger partial charge in [0.1, 0.15) is 10.4 Å². The highest BCUT2D eigenvalue weighted by atomic mass is 79.9. The van der Waals surface area contributed by atoms with Crippen LogP contribution < -0.4 is 5.32 Å². The molecule has 0 aliphatic carbocycles. The van der Waals surface area contributed by atoms with Crippen molar-refractivity contribution in [2.75, 3.05) is 12.4 Å². The molecule has 1 aromatic carbocycles. The van der Waals surface area contributed by atoms with Crippen LogP contribution in [0.5, 0.6) is 0 Å². The van der Waals surface area contributed by atoms with Crippen LogP contribution in [0.1, 0.15) is 10.4 Å². The third kappa shape index (κ3) is 2.59. The Morgan fingerprint density at radius 1 is 1.50 bits per heavy atom. The molecule has 0 bridgehead atoms. The van der Waals surface area contributed by atoms with E-state index in [4.69, 9.17) is 0 Å². The number of nitrogens with one attached hydrogen (secondary N) is 1. The molecule has 1 heterocycles. The van der Waals surface area contributed by atoms with Gasteiger partial charge in [0.15, 0.2) is 5.13 Å². The van der Waals surface area contributed by atoms with Crippen molar-refractivity contribution in [2.45, 2.75) is 6.42 Å². The van der Waals surface area contributed by atoms with E-state index in [1.54, 1.807) is 23.5 Å². The van der Waals surface area contributed by atoms with Gasteiger partial charge in [-0.05, 0) is 33.6 Å². The second-order valence-electron chi connectivity index (χ2n) is 3.29. The van der Waals surface area contributed by atoms with Gasteiger partial charge < -0.3 is 5.32 Å². The lowest BCUT2D eigenvalue weighted by molar-refractivity contribution is 0.626. The fraction of sp³-hybridized carbons (Fsp3) is 0.182. The number of rotatable bonds is 3. The number of hydrogen-bond donors (Lipinski definition) is 1. The topological polar surface area (TPSA) is 24.9 Å². The van der Waals surface area contributed by atoms with Crippen molar-refractivity contribution in [3.63, 3.8) is 0 Å². The summed E-state index contributed by atoms with van der Waals surface area (Å²) in [6.07, 6.45) is 0.692. The van der Waals surface area contributed by atoms with Gasteiger partial charge in [-0.15, -0.1) is 11.3 Å². The molecule has 2 aromatic rings. The molecule has 0 aliphatic rings. The van der Waals surface area contributed by atoms with Gasteiger partial charge in [-0.1, -0.05) is 12.1 Å². The first-order valence-corrected chi connectivity index (χ1v) is 6.37. The summed E-state index contributed by atoms with van der Waals surface area (Å²) in [7, 11) is 1.83. The fourth-order valence-corrected chi connectivity index (χ4v) is 2.90. The summed E-state index contributed by atoms with van der Waals surface area (Å²) >= 11 is 4.97. The van der Waals surface area contributed by atoms with E-state index in [1.165, 1.54) is 6.07 Å². The van der Waals surface area contributed by atoms with E-state index >= 15 is 0 Å². The van der Waals surface area contributed by atoms with Crippen molar-refractivity contribution in [3.05, 3.63) is 45.1 Å². The monoisotopic (exact) mass is 300 g/mol. The van der Waals surface area contributed by atoms with Crippen molar-refractivity contribution in [1.82, 2.24) is 4.98 Å². The Bertz CT molecular complexity index is 498. The molecule has 16 heavy (non-hydrogen) atoms. The first kappa shape index (κ1) is 11.5. The molecule has 2 rings (SSSR count). The quantitative estimate of drug-likeness (QED) is 0.935. The van der Waals surface area contributed by atoms with Gasteiger partial charge in [0, 0.05) is 18.3 Å². The van der Waals surface area contributed by atoms with E-state index in [0.717, 1.165) is 20.2 Å². The molecule has 84 valence electrons. The van der Waals surface area contributed by atoms with Crippen LogP contribution >= 0.6 is 27.3 Å². The Hall–Kier alpha value is -0.940. The molecule has 2 nitrogen and oxygen atoms in total. The Labute approximate surface area is 106 Å². The summed E-state index contributed by atoms with van der Waals surface area (Å²) in [6.45, 7) is 0. The molecule has 0 saturated carbocycles. The molecule has 0 unspecified atom stereocenters. The molecule has 1 N–H and O–H groups in total. The van der Waals surface area contributed by atoms with Crippen LogP contribution in [0.3, 0.4) is 0 Å². The standard InChI is InChI=1S/C11H10BrFN2S/c1-14-11-15-10(12)9(16-11)6-7-3-2-4-8(13)5-7/h2-5H,6H2,1H3,(H,14,15). The Kier molecular flexibility index (Phi) is 3.56. The number of aromatic nitrogens is 1. The predicted molar refractivity (Wildman–Crippen MR) is 68.6 cm³/mol. The molecule has 0 amide bonds. The van der Waals surface area contributed by atoms with E-state index in [9.17, 15) is 4.39 Å². The van der Waals surface area contributed by atoms with E-state index < -0.39 is 0 Å². The third-order valence-corrected chi connectivity index (χ3v) is 4.11. The molecule has 0 aliphatic heterocycles. The first-order chi connectivity index (χ1) is 7.69. The molecular weight excluding hydrogens is 291 g/mol. The first-order valence-electron chi connectivity index (χ1n) is 4.76. The van der Waals surface area contributed by atoms with Crippen molar-refractivity contribution < 1.29 is 4.39 Å². The van der Waals surface area contributed by atoms with Crippen LogP contribution in [0.2, 0.25) is 0 Å². The van der Waals surface area contributed by atoms with Crippen LogP contribution in [0.4, 0.5) is 9.52 Å². The highest BCUT2D eigenvalue weighted by Crippen LogP contribution is 2.29. The minimum Gasteiger partial charge on any atom is -0.365 e. The lowest BCUT2D eigenvalue weighted by Crippen LogP contribution is -1.86. The van der Waals surface area contributed by atoms with Crippen molar-refractivity contribution in [2.24, 2.45) is 0 Å². The lowest BCUT2D eigenvalue weighted by Gasteiger charge is -1.98. The van der Waals surface area contributed by atoms with Gasteiger partial charge in [0.05, 0.1) is 0 Å². The number of thiazole rings is 1. The maximum Gasteiger partial charge on any atom is 0.183 e. The van der Waals surface area contributed by atoms with Crippen LogP contribution in [0, 0.1) is 5.82 Å². The molecule has 5 heteroatoms. The SMILES string of the molecule is CNc1nc(Br)c(Cc2cccc(F)c2)s1. The smallest absolute Gasteiger partial charge is 0.183 e. The third-order valence-electron chi connectivity index (χ3n) is 2.12. The summed E-state index contributed by atoms with van der Waals surface area (Å²) in [5.41, 5.74) is 0.951. The van der Waals surface area contributed by atoms with Crippen LogP contribution in [0.25, 0.3) is 0 Å². The summed E-state index contributed by atoms with van der Waals surface area (Å²) < 4.78 is 13.8. The fourth-order valence-electron chi connectivity index (χ4n) is 1.38. The minimum absolute atomic E-state index is 0.202. The summed E-state index contributed by atoms with van der Waals surface area (Å²) in [4.78, 5) is 5.37. The van der Waals surface area contributed by atoms with E-state index in [0.29, 0.717) is 6.42 Å². The molecular formula is C11H10BrFN2S. The highest BCUT2D eigenvalue weighted by molar-refractivity contribution is 9.10. The molecule has 1 aromatic heterocycles. The number of halogens is 2. The maximum absolute atomic E-state index is 13.0. The van der Waals surface area contributed by atoms with Crippen molar-refractivity contribution in [1.29, 1.82) is 0 Å². The zero-order valence-corrected chi connectivity index (χ0v) is 11.0. The van der Waals surface area contributed by atoms with E-state index in [2.05, 4.69) is 26.2 Å². The molecule has 0 radical (unpaired) electrons. The largest absolute Gasteiger partial charge is 0.365 e. The Balaban J connectivity index is 2.23.